The number of rotatable bonds is 10. The van der Waals surface area contributed by atoms with Crippen molar-refractivity contribution in [2.45, 2.75) is 0 Å². The smallest absolute Gasteiger partial charge is 0.168 e. The molecular weight excluding hydrogens is 1160 g/mol. The highest BCUT2D eigenvalue weighted by molar-refractivity contribution is 6.18. The second-order valence-electron chi connectivity index (χ2n) is 23.2. The Hall–Kier alpha value is -13.2. The molecule has 9 aromatic carbocycles. The molecule has 0 bridgehead atoms. The highest BCUT2D eigenvalue weighted by Gasteiger charge is 2.38. The van der Waals surface area contributed by atoms with Crippen LogP contribution in [0.2, 0.25) is 0 Å². The van der Waals surface area contributed by atoms with Crippen molar-refractivity contribution in [1.29, 1.82) is 0 Å². The van der Waals surface area contributed by atoms with Crippen molar-refractivity contribution in [2.24, 2.45) is 0 Å². The minimum Gasteiger partial charge on any atom is -0.305 e. The van der Waals surface area contributed by atoms with E-state index in [2.05, 4.69) is 188 Å². The van der Waals surface area contributed by atoms with Crippen LogP contribution in [0.15, 0.2) is 292 Å². The number of para-hydroxylation sites is 4. The molecule has 438 valence electrons. The molecule has 0 radical (unpaired) electrons. The van der Waals surface area contributed by atoms with Crippen molar-refractivity contribution in [1.82, 2.24) is 68.1 Å². The first kappa shape index (κ1) is 52.7. The molecule has 10 heterocycles. The molecule has 19 rings (SSSR count). The van der Waals surface area contributed by atoms with Crippen LogP contribution in [0.4, 0.5) is 0 Å². The van der Waals surface area contributed by atoms with Gasteiger partial charge in [0.25, 0.3) is 0 Å². The molecule has 0 saturated heterocycles. The number of nitrogens with zero attached hydrogens (tertiary/aromatic N) is 14. The number of aromatic nitrogens is 14. The topological polar surface area (TPSA) is 149 Å². The number of hydrogen-bond acceptors (Lipinski definition) is 10. The van der Waals surface area contributed by atoms with Crippen LogP contribution in [0, 0.1) is 0 Å². The molecule has 0 spiro atoms. The minimum atomic E-state index is 0.375. The fraction of sp³-hybridized carbons (Fsp3) is 0. The molecule has 94 heavy (non-hydrogen) atoms. The monoisotopic (exact) mass is 1200 g/mol. The maximum atomic E-state index is 5.90. The zero-order valence-corrected chi connectivity index (χ0v) is 50.0. The molecule has 10 aromatic heterocycles. The fourth-order valence-electron chi connectivity index (χ4n) is 14.1. The Morgan fingerprint density at radius 1 is 0.181 bits per heavy atom. The molecule has 0 N–H and O–H groups in total. The first-order valence-corrected chi connectivity index (χ1v) is 31.0. The number of hydrogen-bond donors (Lipinski definition) is 0. The third-order valence-electron chi connectivity index (χ3n) is 18.0. The van der Waals surface area contributed by atoms with Gasteiger partial charge in [0.05, 0.1) is 103 Å². The summed E-state index contributed by atoms with van der Waals surface area (Å²) in [5.41, 5.74) is 14.1. The first-order chi connectivity index (χ1) is 46.7. The second-order valence-corrected chi connectivity index (χ2v) is 23.2. The molecule has 14 nitrogen and oxygen atoms in total. The molecule has 14 heteroatoms. The van der Waals surface area contributed by atoms with Crippen molar-refractivity contribution >= 4 is 87.2 Å². The van der Waals surface area contributed by atoms with E-state index in [-0.39, 0.29) is 0 Å². The quantitative estimate of drug-likeness (QED) is 0.130. The zero-order valence-electron chi connectivity index (χ0n) is 50.0. The van der Waals surface area contributed by atoms with Crippen LogP contribution in [-0.4, -0.2) is 68.1 Å². The summed E-state index contributed by atoms with van der Waals surface area (Å²) in [7, 11) is 0. The van der Waals surface area contributed by atoms with E-state index in [1.165, 1.54) is 0 Å². The molecule has 0 saturated carbocycles. The normalized spacial score (nSPS) is 11.8. The Morgan fingerprint density at radius 3 is 0.628 bits per heavy atom. The predicted octanol–water partition coefficient (Wildman–Crippen LogP) is 18.0. The summed E-state index contributed by atoms with van der Waals surface area (Å²) >= 11 is 0. The summed E-state index contributed by atoms with van der Waals surface area (Å²) in [4.78, 5) is 54.5. The van der Waals surface area contributed by atoms with Gasteiger partial charge in [0.1, 0.15) is 0 Å². The van der Waals surface area contributed by atoms with Gasteiger partial charge < -0.3 is 18.3 Å². The predicted molar refractivity (Wildman–Crippen MR) is 374 cm³/mol. The van der Waals surface area contributed by atoms with E-state index in [0.717, 1.165) is 109 Å². The lowest BCUT2D eigenvalue weighted by Gasteiger charge is -2.30. The first-order valence-electron chi connectivity index (χ1n) is 31.0. The van der Waals surface area contributed by atoms with Crippen LogP contribution in [0.1, 0.15) is 0 Å². The van der Waals surface area contributed by atoms with Crippen LogP contribution in [0.25, 0.3) is 178 Å². The Kier molecular flexibility index (Phi) is 11.9. The maximum Gasteiger partial charge on any atom is 0.168 e. The van der Waals surface area contributed by atoms with Gasteiger partial charge >= 0.3 is 0 Å². The minimum absolute atomic E-state index is 0.375. The van der Waals surface area contributed by atoms with E-state index >= 15 is 0 Å². The van der Waals surface area contributed by atoms with Crippen molar-refractivity contribution in [3.05, 3.63) is 292 Å². The Labute approximate surface area is 535 Å². The van der Waals surface area contributed by atoms with Crippen LogP contribution in [0.3, 0.4) is 0 Å². The third kappa shape index (κ3) is 8.09. The van der Waals surface area contributed by atoms with Crippen molar-refractivity contribution < 1.29 is 0 Å². The summed E-state index contributed by atoms with van der Waals surface area (Å²) in [6, 6.07) is 83.4. The van der Waals surface area contributed by atoms with E-state index in [1.807, 2.05) is 122 Å². The molecule has 0 aliphatic carbocycles. The van der Waals surface area contributed by atoms with Gasteiger partial charge in [-0.15, -0.1) is 0 Å². The van der Waals surface area contributed by atoms with Gasteiger partial charge in [0.15, 0.2) is 34.9 Å². The summed E-state index contributed by atoms with van der Waals surface area (Å²) in [6.45, 7) is 0. The van der Waals surface area contributed by atoms with Gasteiger partial charge in [-0.2, -0.15) is 0 Å². The number of fused-ring (bicyclic) bond motifs is 12. The zero-order chi connectivity index (χ0) is 61.8. The Morgan fingerprint density at radius 2 is 0.383 bits per heavy atom. The average molecular weight is 1210 g/mol. The molecule has 0 aliphatic heterocycles. The molecular formula is C80H48N14. The van der Waals surface area contributed by atoms with Gasteiger partial charge in [-0.05, 0) is 48.5 Å². The van der Waals surface area contributed by atoms with Gasteiger partial charge in [0.2, 0.25) is 0 Å². The second kappa shape index (κ2) is 21.2. The van der Waals surface area contributed by atoms with Gasteiger partial charge in [-0.3, -0.25) is 19.9 Å². The SMILES string of the molecule is c1ccc(-c2nc(-c3ccccc3)nc(-c3c(-n4c5ccccc5c5ccncc54)c(-n4c5ccccc5c5ccncc54)c(-c4nc(-c5ccccc5)nc(-c5ccccc5)n4)c(-n4c5ccccc5c5ccncc54)c3-n3c4ccccc4c4ccncc43)n2)cc1. The van der Waals surface area contributed by atoms with E-state index in [4.69, 9.17) is 49.8 Å². The van der Waals surface area contributed by atoms with Crippen molar-refractivity contribution in [3.8, 4) is 91.1 Å². The molecule has 0 aliphatic rings. The van der Waals surface area contributed by atoms with Crippen LogP contribution < -0.4 is 0 Å². The number of benzene rings is 9. The van der Waals surface area contributed by atoms with E-state index in [1.54, 1.807) is 0 Å². The Bertz CT molecular complexity index is 5270. The summed E-state index contributed by atoms with van der Waals surface area (Å²) in [6.07, 6.45) is 15.3. The standard InChI is InChI=1S/C80H48N14/c1-5-21-49(22-6-1)75-85-76(50-23-7-2-8-24-50)88-79(87-75)69-71(91-61-33-17-13-29-53(61)57-37-41-81-45-65(57)91)73(93-63-35-19-15-31-55(63)59-39-43-83-47-67(59)93)70(80-89-77(51-25-9-3-10-26-51)86-78(90-80)52-27-11-4-12-28-52)74(94-64-36-20-16-32-56(64)60-40-44-84-48-68(60)94)72(69)92-62-34-18-14-30-54(62)58-38-42-82-46-66(58)92/h1-48H. The largest absolute Gasteiger partial charge is 0.305 e. The van der Waals surface area contributed by atoms with E-state index in [9.17, 15) is 0 Å². The lowest BCUT2D eigenvalue weighted by atomic mass is 9.96. The van der Waals surface area contributed by atoms with Crippen molar-refractivity contribution in [3.63, 3.8) is 0 Å². The molecule has 0 amide bonds. The Balaban J connectivity index is 1.19. The van der Waals surface area contributed by atoms with Crippen molar-refractivity contribution in [2.75, 3.05) is 0 Å². The lowest BCUT2D eigenvalue weighted by Crippen LogP contribution is -2.18. The van der Waals surface area contributed by atoms with Crippen LogP contribution in [-0.2, 0) is 0 Å². The summed E-state index contributed by atoms with van der Waals surface area (Å²) in [5.74, 6) is 2.64. The fourth-order valence-corrected chi connectivity index (χ4v) is 14.1. The highest BCUT2D eigenvalue weighted by atomic mass is 15.2. The van der Waals surface area contributed by atoms with Crippen LogP contribution in [0.5, 0.6) is 0 Å². The van der Waals surface area contributed by atoms with E-state index in [0.29, 0.717) is 68.8 Å². The van der Waals surface area contributed by atoms with Gasteiger partial charge in [-0.1, -0.05) is 194 Å². The molecule has 0 atom stereocenters. The molecule has 19 aromatic rings. The maximum absolute atomic E-state index is 5.90. The van der Waals surface area contributed by atoms with E-state index < -0.39 is 0 Å². The molecule has 0 unspecified atom stereocenters. The van der Waals surface area contributed by atoms with Crippen LogP contribution >= 0.6 is 0 Å². The number of pyridine rings is 4. The summed E-state index contributed by atoms with van der Waals surface area (Å²) in [5, 5.41) is 7.95. The van der Waals surface area contributed by atoms with Gasteiger partial charge in [0, 0.05) is 90.1 Å². The molecule has 0 fully saturated rings. The summed E-state index contributed by atoms with van der Waals surface area (Å²) < 4.78 is 9.45. The highest BCUT2D eigenvalue weighted by Crippen LogP contribution is 2.54. The van der Waals surface area contributed by atoms with Gasteiger partial charge in [-0.25, -0.2) is 29.9 Å². The average Bonchev–Trinajstić information content (AvgIpc) is 1.40. The third-order valence-corrected chi connectivity index (χ3v) is 18.0. The lowest BCUT2D eigenvalue weighted by molar-refractivity contribution is 1.00.